The predicted octanol–water partition coefficient (Wildman–Crippen LogP) is 1.19. The third kappa shape index (κ3) is 4.37. The number of hydrogen-bond donors (Lipinski definition) is 6. The van der Waals surface area contributed by atoms with E-state index in [9.17, 15) is 39.6 Å². The number of aliphatic hydroxyl groups is 3. The number of ketones is 2. The molecule has 11 heteroatoms. The topological polar surface area (TPSA) is 190 Å². The molecule has 3 aliphatic rings. The fourth-order valence-corrected chi connectivity index (χ4v) is 6.54. The molecule has 2 amide bonds. The van der Waals surface area contributed by atoms with Crippen LogP contribution in [0.4, 0.5) is 0 Å². The molecular weight excluding hydrogens is 518 g/mol. The van der Waals surface area contributed by atoms with Crippen LogP contribution in [0.1, 0.15) is 55.9 Å². The van der Waals surface area contributed by atoms with Crippen molar-refractivity contribution in [2.75, 3.05) is 14.1 Å². The Morgan fingerprint density at radius 3 is 2.38 bits per heavy atom. The van der Waals surface area contributed by atoms with Gasteiger partial charge in [-0.2, -0.15) is 0 Å². The molecule has 0 aliphatic heterocycles. The maximum absolute atomic E-state index is 14.0. The molecule has 4 atom stereocenters. The van der Waals surface area contributed by atoms with Crippen molar-refractivity contribution in [3.8, 4) is 5.75 Å². The second kappa shape index (κ2) is 10.4. The van der Waals surface area contributed by atoms with Gasteiger partial charge in [0.25, 0.3) is 5.91 Å². The Labute approximate surface area is 232 Å². The summed E-state index contributed by atoms with van der Waals surface area (Å²) in [6.07, 6.45) is 1.10. The lowest BCUT2D eigenvalue weighted by Crippen LogP contribution is -2.65. The van der Waals surface area contributed by atoms with Crippen molar-refractivity contribution >= 4 is 29.1 Å². The minimum absolute atomic E-state index is 0.00178. The molecule has 0 unspecified atom stereocenters. The summed E-state index contributed by atoms with van der Waals surface area (Å²) in [5, 5.41) is 48.1. The molecule has 11 nitrogen and oxygen atoms in total. The molecule has 1 fully saturated rings. The van der Waals surface area contributed by atoms with E-state index >= 15 is 0 Å². The van der Waals surface area contributed by atoms with E-state index in [0.29, 0.717) is 24.0 Å². The number of fused-ring (bicyclic) bond motifs is 3. The van der Waals surface area contributed by atoms with E-state index in [2.05, 4.69) is 5.32 Å². The highest BCUT2D eigenvalue weighted by Crippen LogP contribution is 2.53. The molecule has 216 valence electrons. The molecule has 40 heavy (non-hydrogen) atoms. The van der Waals surface area contributed by atoms with E-state index in [4.69, 9.17) is 5.73 Å². The van der Waals surface area contributed by atoms with E-state index in [-0.39, 0.29) is 48.1 Å². The highest BCUT2D eigenvalue weighted by Gasteiger charge is 2.64. The number of carbonyl (C=O) groups is 4. The average Bonchev–Trinajstić information content (AvgIpc) is 2.85. The second-order valence-electron chi connectivity index (χ2n) is 11.6. The zero-order valence-corrected chi connectivity index (χ0v) is 23.4. The van der Waals surface area contributed by atoms with Gasteiger partial charge in [-0.25, -0.2) is 0 Å². The van der Waals surface area contributed by atoms with Crippen LogP contribution in [0.3, 0.4) is 0 Å². The van der Waals surface area contributed by atoms with E-state index < -0.39 is 58.0 Å². The lowest BCUT2D eigenvalue weighted by Gasteiger charge is -2.50. The fraction of sp³-hybridized carbons (Fsp3) is 0.517. The number of rotatable bonds is 7. The van der Waals surface area contributed by atoms with Crippen LogP contribution < -0.4 is 11.1 Å². The molecule has 1 aromatic carbocycles. The molecule has 0 heterocycles. The molecule has 0 radical (unpaired) electrons. The molecule has 0 saturated heterocycles. The Kier molecular flexibility index (Phi) is 7.59. The summed E-state index contributed by atoms with van der Waals surface area (Å²) in [6.45, 7) is 5.73. The van der Waals surface area contributed by atoms with Crippen molar-refractivity contribution in [2.24, 2.45) is 23.5 Å². The molecule has 3 aliphatic carbocycles. The summed E-state index contributed by atoms with van der Waals surface area (Å²) >= 11 is 0. The van der Waals surface area contributed by atoms with Crippen LogP contribution in [0.15, 0.2) is 23.0 Å². The van der Waals surface area contributed by atoms with Gasteiger partial charge in [0, 0.05) is 30.0 Å². The molecule has 4 rings (SSSR count). The molecule has 0 aromatic heterocycles. The maximum atomic E-state index is 14.0. The third-order valence-corrected chi connectivity index (χ3v) is 8.34. The first kappa shape index (κ1) is 29.3. The maximum Gasteiger partial charge on any atom is 0.255 e. The molecule has 0 spiro atoms. The summed E-state index contributed by atoms with van der Waals surface area (Å²) in [5.41, 5.74) is 3.44. The Hall–Kier alpha value is -3.70. The summed E-state index contributed by atoms with van der Waals surface area (Å²) in [5.74, 6) is -6.90. The number of primary amides is 1. The summed E-state index contributed by atoms with van der Waals surface area (Å²) in [4.78, 5) is 53.0. The Morgan fingerprint density at radius 2 is 1.82 bits per heavy atom. The summed E-state index contributed by atoms with van der Waals surface area (Å²) in [6, 6.07) is 0.636. The van der Waals surface area contributed by atoms with Crippen LogP contribution in [0.5, 0.6) is 5.75 Å². The van der Waals surface area contributed by atoms with Gasteiger partial charge in [0.1, 0.15) is 22.8 Å². The normalized spacial score (nSPS) is 26.1. The Morgan fingerprint density at radius 1 is 1.18 bits per heavy atom. The van der Waals surface area contributed by atoms with Crippen LogP contribution in [0, 0.1) is 17.8 Å². The number of likely N-dealkylation sites (N-methyl/N-ethyl adjacent to an activating group) is 1. The van der Waals surface area contributed by atoms with Gasteiger partial charge >= 0.3 is 0 Å². The van der Waals surface area contributed by atoms with E-state index in [1.165, 1.54) is 4.90 Å². The van der Waals surface area contributed by atoms with E-state index in [1.54, 1.807) is 20.2 Å². The van der Waals surface area contributed by atoms with Crippen LogP contribution in [0.2, 0.25) is 0 Å². The smallest absolute Gasteiger partial charge is 0.255 e. The van der Waals surface area contributed by atoms with Gasteiger partial charge < -0.3 is 31.5 Å². The largest absolute Gasteiger partial charge is 0.508 e. The highest BCUT2D eigenvalue weighted by atomic mass is 16.3. The van der Waals surface area contributed by atoms with Crippen molar-refractivity contribution in [1.82, 2.24) is 10.2 Å². The van der Waals surface area contributed by atoms with Crippen molar-refractivity contribution in [2.45, 2.75) is 64.6 Å². The molecule has 0 bridgehead atoms. The average molecular weight is 556 g/mol. The van der Waals surface area contributed by atoms with Crippen LogP contribution in [-0.2, 0) is 38.6 Å². The number of carbonyl (C=O) groups excluding carboxylic acids is 4. The molecule has 1 saturated carbocycles. The minimum Gasteiger partial charge on any atom is -0.508 e. The third-order valence-electron chi connectivity index (χ3n) is 8.34. The molecule has 7 N–H and O–H groups in total. The van der Waals surface area contributed by atoms with E-state index in [0.717, 1.165) is 5.56 Å². The van der Waals surface area contributed by atoms with E-state index in [1.807, 2.05) is 20.8 Å². The Balaban J connectivity index is 1.87. The highest BCUT2D eigenvalue weighted by molar-refractivity contribution is 6.24. The zero-order chi connectivity index (χ0) is 29.8. The quantitative estimate of drug-likeness (QED) is 0.268. The number of nitrogens with one attached hydrogen (secondary N) is 1. The van der Waals surface area contributed by atoms with Gasteiger partial charge in [0.2, 0.25) is 11.7 Å². The minimum atomic E-state index is -2.68. The van der Waals surface area contributed by atoms with Crippen molar-refractivity contribution in [3.05, 3.63) is 45.2 Å². The summed E-state index contributed by atoms with van der Waals surface area (Å²) in [7, 11) is 3.12. The van der Waals surface area contributed by atoms with Gasteiger partial charge in [-0.3, -0.25) is 24.1 Å². The second-order valence-corrected chi connectivity index (χ2v) is 11.6. The zero-order valence-electron chi connectivity index (χ0n) is 23.4. The van der Waals surface area contributed by atoms with Crippen LogP contribution >= 0.6 is 0 Å². The van der Waals surface area contributed by atoms with Gasteiger partial charge in [-0.15, -0.1) is 0 Å². The predicted molar refractivity (Wildman–Crippen MR) is 145 cm³/mol. The van der Waals surface area contributed by atoms with Crippen molar-refractivity contribution < 1.29 is 39.6 Å². The Bertz CT molecular complexity index is 1380. The number of phenolic OH excluding ortho intramolecular Hbond substituents is 1. The standard InChI is InChI=1S/C29H37N3O8/c1-6-13-8-15(11-31-18(33)7-12(2)3)23(34)20-16(13)9-14-10-17-22(32(4)5)25(36)21(28(30)39)27(38)29(17,40)26(37)19(14)24(20)35/h8,12,14,17,22,34-35,38,40H,6-7,9-11H2,1-5H3,(H2,30,39)(H,31,33)/t14-,17-,22-,29-/m0/s1. The first-order valence-corrected chi connectivity index (χ1v) is 13.4. The number of Topliss-reactive ketones (excluding diaryl/α,β-unsaturated/α-hetero) is 2. The number of nitrogens with zero attached hydrogens (tertiary/aromatic N) is 1. The van der Waals surface area contributed by atoms with Crippen LogP contribution in [0.25, 0.3) is 5.76 Å². The molecule has 1 aromatic rings. The van der Waals surface area contributed by atoms with Gasteiger partial charge in [0.05, 0.1) is 11.6 Å². The lowest BCUT2D eigenvalue weighted by atomic mass is 9.57. The number of hydrogen-bond acceptors (Lipinski definition) is 9. The number of nitrogens with two attached hydrogens (primary N) is 1. The number of phenols is 1. The SMILES string of the molecule is CCc1cc(CNC(=O)CC(C)C)c(O)c2c1C[C@H]1C[C@H]3[C@H](N(C)C)C(=O)C(C(N)=O)=C(O)[C@@]3(O)C(=O)C1=C2O. The monoisotopic (exact) mass is 555 g/mol. The van der Waals surface area contributed by atoms with Gasteiger partial charge in [-0.05, 0) is 56.3 Å². The number of aliphatic hydroxyl groups excluding tert-OH is 2. The first-order valence-electron chi connectivity index (χ1n) is 13.4. The van der Waals surface area contributed by atoms with Crippen LogP contribution in [-0.4, -0.2) is 74.4 Å². The number of amides is 2. The first-order chi connectivity index (χ1) is 18.7. The van der Waals surface area contributed by atoms with Gasteiger partial charge in [0.15, 0.2) is 11.4 Å². The van der Waals surface area contributed by atoms with Crippen molar-refractivity contribution in [3.63, 3.8) is 0 Å². The fourth-order valence-electron chi connectivity index (χ4n) is 6.54. The number of aromatic hydroxyl groups is 1. The van der Waals surface area contributed by atoms with Crippen molar-refractivity contribution in [1.29, 1.82) is 0 Å². The van der Waals surface area contributed by atoms with Gasteiger partial charge in [-0.1, -0.05) is 26.8 Å². The molecular formula is C29H37N3O8. The lowest BCUT2D eigenvalue weighted by molar-refractivity contribution is -0.153. The number of benzene rings is 1. The summed E-state index contributed by atoms with van der Waals surface area (Å²) < 4.78 is 0. The number of aryl methyl sites for hydroxylation is 1.